The van der Waals surface area contributed by atoms with Gasteiger partial charge in [-0.25, -0.2) is 9.97 Å². The summed E-state index contributed by atoms with van der Waals surface area (Å²) in [6.07, 6.45) is 1.79. The molecular weight excluding hydrogens is 188 g/mol. The molecule has 15 heavy (non-hydrogen) atoms. The Labute approximate surface area is 88.2 Å². The Morgan fingerprint density at radius 2 is 1.93 bits per heavy atom. The maximum Gasteiger partial charge on any atom is 0.180 e. The Morgan fingerprint density at radius 1 is 1.13 bits per heavy atom. The van der Waals surface area contributed by atoms with Gasteiger partial charge >= 0.3 is 0 Å². The Hall–Kier alpha value is -1.97. The number of nitrogens with two attached hydrogens (primary N) is 1. The van der Waals surface area contributed by atoms with E-state index in [1.54, 1.807) is 12.3 Å². The van der Waals surface area contributed by atoms with Crippen molar-refractivity contribution in [3.63, 3.8) is 0 Å². The molecule has 0 fully saturated rings. The smallest absolute Gasteiger partial charge is 0.180 e. The molecule has 0 saturated carbocycles. The van der Waals surface area contributed by atoms with Crippen LogP contribution in [0, 0.1) is 13.8 Å². The number of anilines is 1. The normalized spacial score (nSPS) is 10.3. The van der Waals surface area contributed by atoms with Gasteiger partial charge in [0.25, 0.3) is 0 Å². The molecule has 2 heterocycles. The SMILES string of the molecule is Cc1ccc(-c2nc(C)cc(N)n2)nc1. The molecule has 0 saturated heterocycles. The molecular formula is C11H12N4. The molecule has 0 aliphatic carbocycles. The van der Waals surface area contributed by atoms with E-state index in [4.69, 9.17) is 5.73 Å². The second-order valence-corrected chi connectivity index (χ2v) is 3.48. The Kier molecular flexibility index (Phi) is 2.33. The zero-order chi connectivity index (χ0) is 10.8. The van der Waals surface area contributed by atoms with Crippen molar-refractivity contribution in [3.8, 4) is 11.5 Å². The molecule has 2 N–H and O–H groups in total. The Balaban J connectivity index is 2.49. The van der Waals surface area contributed by atoms with Crippen LogP contribution in [-0.2, 0) is 0 Å². The molecule has 2 rings (SSSR count). The van der Waals surface area contributed by atoms with Crippen LogP contribution in [0.3, 0.4) is 0 Å². The fourth-order valence-corrected chi connectivity index (χ4v) is 1.31. The highest BCUT2D eigenvalue weighted by Crippen LogP contribution is 2.14. The first-order valence-electron chi connectivity index (χ1n) is 4.69. The van der Waals surface area contributed by atoms with Gasteiger partial charge in [0, 0.05) is 18.0 Å². The molecule has 0 aliphatic heterocycles. The van der Waals surface area contributed by atoms with Gasteiger partial charge in [-0.1, -0.05) is 6.07 Å². The first-order valence-corrected chi connectivity index (χ1v) is 4.69. The lowest BCUT2D eigenvalue weighted by Gasteiger charge is -2.02. The fraction of sp³-hybridized carbons (Fsp3) is 0.182. The highest BCUT2D eigenvalue weighted by atomic mass is 15.0. The number of nitrogen functional groups attached to an aromatic ring is 1. The molecule has 0 aromatic carbocycles. The van der Waals surface area contributed by atoms with Crippen molar-refractivity contribution in [2.24, 2.45) is 0 Å². The minimum atomic E-state index is 0.472. The molecule has 0 spiro atoms. The molecule has 2 aromatic rings. The quantitative estimate of drug-likeness (QED) is 0.761. The number of hydrogen-bond acceptors (Lipinski definition) is 4. The van der Waals surface area contributed by atoms with Gasteiger partial charge in [0.2, 0.25) is 0 Å². The largest absolute Gasteiger partial charge is 0.384 e. The summed E-state index contributed by atoms with van der Waals surface area (Å²) in [5.74, 6) is 1.05. The summed E-state index contributed by atoms with van der Waals surface area (Å²) in [7, 11) is 0. The van der Waals surface area contributed by atoms with Crippen LogP contribution in [0.2, 0.25) is 0 Å². The molecule has 0 atom stereocenters. The Bertz CT molecular complexity index is 456. The van der Waals surface area contributed by atoms with Crippen molar-refractivity contribution >= 4 is 5.82 Å². The maximum absolute atomic E-state index is 5.65. The van der Waals surface area contributed by atoms with Crippen molar-refractivity contribution in [2.45, 2.75) is 13.8 Å². The summed E-state index contributed by atoms with van der Waals surface area (Å²) in [5, 5.41) is 0. The zero-order valence-corrected chi connectivity index (χ0v) is 8.73. The topological polar surface area (TPSA) is 64.7 Å². The maximum atomic E-state index is 5.65. The van der Waals surface area contributed by atoms with E-state index in [-0.39, 0.29) is 0 Å². The third-order valence-electron chi connectivity index (χ3n) is 2.01. The number of aromatic nitrogens is 3. The average molecular weight is 200 g/mol. The molecule has 4 nitrogen and oxygen atoms in total. The van der Waals surface area contributed by atoms with E-state index < -0.39 is 0 Å². The van der Waals surface area contributed by atoms with Crippen LogP contribution in [0.1, 0.15) is 11.3 Å². The third-order valence-corrected chi connectivity index (χ3v) is 2.01. The average Bonchev–Trinajstić information content (AvgIpc) is 2.17. The Morgan fingerprint density at radius 3 is 2.53 bits per heavy atom. The first-order chi connectivity index (χ1) is 7.15. The summed E-state index contributed by atoms with van der Waals surface area (Å²) >= 11 is 0. The second-order valence-electron chi connectivity index (χ2n) is 3.48. The van der Waals surface area contributed by atoms with Crippen molar-refractivity contribution in [1.29, 1.82) is 0 Å². The van der Waals surface area contributed by atoms with E-state index in [1.165, 1.54) is 0 Å². The highest BCUT2D eigenvalue weighted by Gasteiger charge is 2.03. The molecule has 0 radical (unpaired) electrons. The zero-order valence-electron chi connectivity index (χ0n) is 8.73. The van der Waals surface area contributed by atoms with Crippen LogP contribution in [-0.4, -0.2) is 15.0 Å². The lowest BCUT2D eigenvalue weighted by molar-refractivity contribution is 1.09. The van der Waals surface area contributed by atoms with Crippen LogP contribution in [0.25, 0.3) is 11.5 Å². The lowest BCUT2D eigenvalue weighted by Crippen LogP contribution is -1.98. The third kappa shape index (κ3) is 2.10. The molecule has 0 aliphatic rings. The second kappa shape index (κ2) is 3.65. The molecule has 2 aromatic heterocycles. The van der Waals surface area contributed by atoms with E-state index in [0.29, 0.717) is 11.6 Å². The first kappa shape index (κ1) is 9.58. The van der Waals surface area contributed by atoms with Crippen LogP contribution < -0.4 is 5.73 Å². The number of rotatable bonds is 1. The van der Waals surface area contributed by atoms with Gasteiger partial charge in [0.1, 0.15) is 11.5 Å². The van der Waals surface area contributed by atoms with Crippen LogP contribution >= 0.6 is 0 Å². The van der Waals surface area contributed by atoms with Gasteiger partial charge in [0.15, 0.2) is 5.82 Å². The summed E-state index contributed by atoms with van der Waals surface area (Å²) in [4.78, 5) is 12.7. The predicted octanol–water partition coefficient (Wildman–Crippen LogP) is 1.74. The van der Waals surface area contributed by atoms with Crippen molar-refractivity contribution < 1.29 is 0 Å². The van der Waals surface area contributed by atoms with E-state index >= 15 is 0 Å². The summed E-state index contributed by atoms with van der Waals surface area (Å²) in [5.41, 5.74) is 8.35. The van der Waals surface area contributed by atoms with Gasteiger partial charge in [-0.15, -0.1) is 0 Å². The molecule has 0 amide bonds. The molecule has 0 unspecified atom stereocenters. The van der Waals surface area contributed by atoms with Crippen molar-refractivity contribution in [1.82, 2.24) is 15.0 Å². The van der Waals surface area contributed by atoms with Crippen LogP contribution in [0.15, 0.2) is 24.4 Å². The van der Waals surface area contributed by atoms with E-state index in [1.807, 2.05) is 26.0 Å². The summed E-state index contributed by atoms with van der Waals surface area (Å²) in [6, 6.07) is 5.60. The van der Waals surface area contributed by atoms with Gasteiger partial charge in [0.05, 0.1) is 0 Å². The minimum Gasteiger partial charge on any atom is -0.384 e. The molecule has 4 heteroatoms. The fourth-order valence-electron chi connectivity index (χ4n) is 1.31. The van der Waals surface area contributed by atoms with Gasteiger partial charge < -0.3 is 5.73 Å². The summed E-state index contributed by atoms with van der Waals surface area (Å²) < 4.78 is 0. The van der Waals surface area contributed by atoms with Crippen LogP contribution in [0.4, 0.5) is 5.82 Å². The highest BCUT2D eigenvalue weighted by molar-refractivity contribution is 5.52. The van der Waals surface area contributed by atoms with Crippen LogP contribution in [0.5, 0.6) is 0 Å². The molecule has 0 bridgehead atoms. The monoisotopic (exact) mass is 200 g/mol. The number of hydrogen-bond donors (Lipinski definition) is 1. The van der Waals surface area contributed by atoms with Crippen molar-refractivity contribution in [2.75, 3.05) is 5.73 Å². The summed E-state index contributed by atoms with van der Waals surface area (Å²) in [6.45, 7) is 3.87. The standard InChI is InChI=1S/C11H12N4/c1-7-3-4-9(13-6-7)11-14-8(2)5-10(12)15-11/h3-6H,1-2H3,(H2,12,14,15). The minimum absolute atomic E-state index is 0.472. The van der Waals surface area contributed by atoms with E-state index in [2.05, 4.69) is 15.0 Å². The number of aryl methyl sites for hydroxylation is 2. The van der Waals surface area contributed by atoms with Gasteiger partial charge in [-0.3, -0.25) is 4.98 Å². The van der Waals surface area contributed by atoms with E-state index in [0.717, 1.165) is 17.0 Å². The molecule has 76 valence electrons. The number of pyridine rings is 1. The van der Waals surface area contributed by atoms with Gasteiger partial charge in [-0.05, 0) is 25.5 Å². The lowest BCUT2D eigenvalue weighted by atomic mass is 10.2. The van der Waals surface area contributed by atoms with E-state index in [9.17, 15) is 0 Å². The predicted molar refractivity (Wildman–Crippen MR) is 59.1 cm³/mol. The van der Waals surface area contributed by atoms with Gasteiger partial charge in [-0.2, -0.15) is 0 Å². The van der Waals surface area contributed by atoms with Crippen molar-refractivity contribution in [3.05, 3.63) is 35.7 Å². The number of nitrogens with zero attached hydrogens (tertiary/aromatic N) is 3.